The molecule has 0 radical (unpaired) electrons. The second-order valence-electron chi connectivity index (χ2n) is 3.84. The molecule has 4 nitrogen and oxygen atoms in total. The van der Waals surface area contributed by atoms with Gasteiger partial charge in [-0.2, -0.15) is 0 Å². The molecule has 0 aromatic heterocycles. The van der Waals surface area contributed by atoms with Gasteiger partial charge in [-0.15, -0.1) is 0 Å². The Hall–Kier alpha value is -1.55. The van der Waals surface area contributed by atoms with Gasteiger partial charge in [0.05, 0.1) is 13.2 Å². The van der Waals surface area contributed by atoms with Crippen LogP contribution in [0.1, 0.15) is 31.4 Å². The van der Waals surface area contributed by atoms with E-state index in [9.17, 15) is 9.90 Å². The van der Waals surface area contributed by atoms with Gasteiger partial charge in [-0.25, -0.2) is 0 Å². The standard InChI is InChI=1S/C13H19NO3/c1-3-4-13(16)14-9-12(15)10-5-7-11(17-2)8-6-10/h5-8,12,15H,3-4,9H2,1-2H3,(H,14,16). The fourth-order valence-corrected chi connectivity index (χ4v) is 1.47. The quantitative estimate of drug-likeness (QED) is 0.791. The van der Waals surface area contributed by atoms with Crippen molar-refractivity contribution in [3.63, 3.8) is 0 Å². The molecule has 1 aromatic rings. The van der Waals surface area contributed by atoms with Crippen LogP contribution < -0.4 is 10.1 Å². The van der Waals surface area contributed by atoms with Gasteiger partial charge < -0.3 is 15.2 Å². The molecule has 0 aliphatic carbocycles. The predicted molar refractivity (Wildman–Crippen MR) is 65.9 cm³/mol. The van der Waals surface area contributed by atoms with Gasteiger partial charge in [0.15, 0.2) is 0 Å². The van der Waals surface area contributed by atoms with E-state index in [0.29, 0.717) is 6.42 Å². The highest BCUT2D eigenvalue weighted by Gasteiger charge is 2.08. The molecular formula is C13H19NO3. The first kappa shape index (κ1) is 13.5. The summed E-state index contributed by atoms with van der Waals surface area (Å²) < 4.78 is 5.03. The number of benzene rings is 1. The molecule has 1 amide bonds. The van der Waals surface area contributed by atoms with E-state index in [-0.39, 0.29) is 12.5 Å². The Morgan fingerprint density at radius 3 is 2.59 bits per heavy atom. The van der Waals surface area contributed by atoms with Gasteiger partial charge in [0, 0.05) is 13.0 Å². The molecule has 0 saturated carbocycles. The maximum absolute atomic E-state index is 11.2. The van der Waals surface area contributed by atoms with E-state index < -0.39 is 6.10 Å². The van der Waals surface area contributed by atoms with E-state index in [1.807, 2.05) is 6.92 Å². The number of hydrogen-bond acceptors (Lipinski definition) is 3. The number of aliphatic hydroxyl groups excluding tert-OH is 1. The van der Waals surface area contributed by atoms with Crippen LogP contribution >= 0.6 is 0 Å². The number of aliphatic hydroxyl groups is 1. The molecular weight excluding hydrogens is 218 g/mol. The van der Waals surface area contributed by atoms with Crippen molar-refractivity contribution in [3.05, 3.63) is 29.8 Å². The molecule has 0 aliphatic rings. The van der Waals surface area contributed by atoms with E-state index in [1.165, 1.54) is 0 Å². The first-order chi connectivity index (χ1) is 8.17. The lowest BCUT2D eigenvalue weighted by Crippen LogP contribution is -2.27. The number of rotatable bonds is 6. The summed E-state index contributed by atoms with van der Waals surface area (Å²) in [4.78, 5) is 11.2. The maximum Gasteiger partial charge on any atom is 0.220 e. The first-order valence-electron chi connectivity index (χ1n) is 5.76. The van der Waals surface area contributed by atoms with Gasteiger partial charge in [-0.05, 0) is 24.1 Å². The maximum atomic E-state index is 11.2. The lowest BCUT2D eigenvalue weighted by atomic mass is 10.1. The van der Waals surface area contributed by atoms with Gasteiger partial charge in [0.2, 0.25) is 5.91 Å². The number of hydrogen-bond donors (Lipinski definition) is 2. The van der Waals surface area contributed by atoms with Crippen LogP contribution in [0.4, 0.5) is 0 Å². The molecule has 2 N–H and O–H groups in total. The van der Waals surface area contributed by atoms with Crippen molar-refractivity contribution in [3.8, 4) is 5.75 Å². The summed E-state index contributed by atoms with van der Waals surface area (Å²) in [6, 6.07) is 7.14. The number of methoxy groups -OCH3 is 1. The molecule has 0 fully saturated rings. The zero-order valence-electron chi connectivity index (χ0n) is 10.3. The molecule has 0 heterocycles. The van der Waals surface area contributed by atoms with Crippen LogP contribution in [-0.4, -0.2) is 24.7 Å². The molecule has 0 aliphatic heterocycles. The normalized spacial score (nSPS) is 11.9. The topological polar surface area (TPSA) is 58.6 Å². The van der Waals surface area contributed by atoms with Gasteiger partial charge in [-0.1, -0.05) is 19.1 Å². The SMILES string of the molecule is CCCC(=O)NCC(O)c1ccc(OC)cc1. The zero-order chi connectivity index (χ0) is 12.7. The Morgan fingerprint density at radius 1 is 1.41 bits per heavy atom. The van der Waals surface area contributed by atoms with Crippen LogP contribution in [0, 0.1) is 0 Å². The number of carbonyl (C=O) groups excluding carboxylic acids is 1. The fourth-order valence-electron chi connectivity index (χ4n) is 1.47. The Balaban J connectivity index is 2.46. The Bertz CT molecular complexity index is 348. The highest BCUT2D eigenvalue weighted by Crippen LogP contribution is 2.16. The van der Waals surface area contributed by atoms with Crippen LogP contribution in [0.5, 0.6) is 5.75 Å². The molecule has 1 rings (SSSR count). The summed E-state index contributed by atoms with van der Waals surface area (Å²) >= 11 is 0. The average molecular weight is 237 g/mol. The van der Waals surface area contributed by atoms with E-state index in [4.69, 9.17) is 4.74 Å². The number of ether oxygens (including phenoxy) is 1. The van der Waals surface area contributed by atoms with Gasteiger partial charge in [0.25, 0.3) is 0 Å². The molecule has 0 bridgehead atoms. The molecule has 17 heavy (non-hydrogen) atoms. The predicted octanol–water partition coefficient (Wildman–Crippen LogP) is 1.64. The smallest absolute Gasteiger partial charge is 0.220 e. The summed E-state index contributed by atoms with van der Waals surface area (Å²) in [5, 5.41) is 12.5. The van der Waals surface area contributed by atoms with E-state index in [2.05, 4.69) is 5.32 Å². The van der Waals surface area contributed by atoms with Crippen LogP contribution in [0.3, 0.4) is 0 Å². The van der Waals surface area contributed by atoms with Gasteiger partial charge >= 0.3 is 0 Å². The monoisotopic (exact) mass is 237 g/mol. The lowest BCUT2D eigenvalue weighted by molar-refractivity contribution is -0.121. The van der Waals surface area contributed by atoms with Gasteiger partial charge in [-0.3, -0.25) is 4.79 Å². The Kier molecular flexibility index (Phi) is 5.49. The molecule has 1 atom stereocenters. The van der Waals surface area contributed by atoms with Crippen molar-refractivity contribution in [1.82, 2.24) is 5.32 Å². The number of nitrogens with one attached hydrogen (secondary N) is 1. The summed E-state index contributed by atoms with van der Waals surface area (Å²) in [6.07, 6.45) is 0.626. The van der Waals surface area contributed by atoms with Crippen molar-refractivity contribution in [2.75, 3.05) is 13.7 Å². The minimum absolute atomic E-state index is 0.0277. The van der Waals surface area contributed by atoms with E-state index >= 15 is 0 Å². The molecule has 4 heteroatoms. The minimum atomic E-state index is -0.679. The fraction of sp³-hybridized carbons (Fsp3) is 0.462. The highest BCUT2D eigenvalue weighted by atomic mass is 16.5. The number of amides is 1. The van der Waals surface area contributed by atoms with E-state index in [1.54, 1.807) is 31.4 Å². The largest absolute Gasteiger partial charge is 0.497 e. The van der Waals surface area contributed by atoms with Crippen molar-refractivity contribution in [2.45, 2.75) is 25.9 Å². The first-order valence-corrected chi connectivity index (χ1v) is 5.76. The van der Waals surface area contributed by atoms with Crippen molar-refractivity contribution in [2.24, 2.45) is 0 Å². The summed E-state index contributed by atoms with van der Waals surface area (Å²) in [5.74, 6) is 0.719. The van der Waals surface area contributed by atoms with Crippen LogP contribution in [0.25, 0.3) is 0 Å². The third kappa shape index (κ3) is 4.44. The third-order valence-corrected chi connectivity index (χ3v) is 2.47. The Labute approximate surface area is 102 Å². The van der Waals surface area contributed by atoms with Crippen molar-refractivity contribution in [1.29, 1.82) is 0 Å². The lowest BCUT2D eigenvalue weighted by Gasteiger charge is -2.12. The zero-order valence-corrected chi connectivity index (χ0v) is 10.3. The van der Waals surface area contributed by atoms with Crippen LogP contribution in [-0.2, 0) is 4.79 Å². The van der Waals surface area contributed by atoms with Crippen molar-refractivity contribution < 1.29 is 14.6 Å². The third-order valence-electron chi connectivity index (χ3n) is 2.47. The number of carbonyl (C=O) groups is 1. The van der Waals surface area contributed by atoms with Gasteiger partial charge in [0.1, 0.15) is 5.75 Å². The molecule has 1 unspecified atom stereocenters. The minimum Gasteiger partial charge on any atom is -0.497 e. The van der Waals surface area contributed by atoms with Crippen LogP contribution in [0.15, 0.2) is 24.3 Å². The van der Waals surface area contributed by atoms with Crippen molar-refractivity contribution >= 4 is 5.91 Å². The van der Waals surface area contributed by atoms with E-state index in [0.717, 1.165) is 17.7 Å². The summed E-state index contributed by atoms with van der Waals surface area (Å²) in [5.41, 5.74) is 0.766. The molecule has 0 saturated heterocycles. The second kappa shape index (κ2) is 6.91. The highest BCUT2D eigenvalue weighted by molar-refractivity contribution is 5.75. The molecule has 1 aromatic carbocycles. The summed E-state index contributed by atoms with van der Waals surface area (Å²) in [6.45, 7) is 2.19. The summed E-state index contributed by atoms with van der Waals surface area (Å²) in [7, 11) is 1.59. The molecule has 94 valence electrons. The second-order valence-corrected chi connectivity index (χ2v) is 3.84. The molecule has 0 spiro atoms. The Morgan fingerprint density at radius 2 is 2.06 bits per heavy atom. The average Bonchev–Trinajstić information content (AvgIpc) is 2.36. The van der Waals surface area contributed by atoms with Crippen LogP contribution in [0.2, 0.25) is 0 Å².